The fourth-order valence-electron chi connectivity index (χ4n) is 1.86. The number of rotatable bonds is 1. The molecule has 0 spiro atoms. The van der Waals surface area contributed by atoms with E-state index in [1.54, 1.807) is 0 Å². The van der Waals surface area contributed by atoms with Gasteiger partial charge in [-0.1, -0.05) is 20.8 Å². The Morgan fingerprint density at radius 1 is 1.00 bits per heavy atom. The maximum absolute atomic E-state index is 3.17. The molecule has 2 aromatic rings. The van der Waals surface area contributed by atoms with Crippen LogP contribution in [0, 0.1) is 23.8 Å². The molecule has 0 bridgehead atoms. The number of allylic oxidation sites excluding steroid dienone is 2. The van der Waals surface area contributed by atoms with Gasteiger partial charge in [-0.2, -0.15) is 30.5 Å². The minimum atomic E-state index is 0. The Morgan fingerprint density at radius 3 is 1.55 bits per heavy atom. The first kappa shape index (κ1) is 19.2. The first-order valence-electron chi connectivity index (χ1n) is 6.78. The molecule has 1 heteroatoms. The molecule has 0 N–H and O–H groups in total. The molecule has 0 aliphatic heterocycles. The van der Waals surface area contributed by atoms with Gasteiger partial charge in [0.05, 0.1) is 0 Å². The van der Waals surface area contributed by atoms with E-state index in [2.05, 4.69) is 33.3 Å². The van der Waals surface area contributed by atoms with Crippen LogP contribution in [-0.2, 0) is 21.7 Å². The van der Waals surface area contributed by atoms with Crippen LogP contribution in [-0.4, -0.2) is 0 Å². The Labute approximate surface area is 139 Å². The largest absolute Gasteiger partial charge is 0.748 e. The first-order valence-corrected chi connectivity index (χ1v) is 6.78. The van der Waals surface area contributed by atoms with Crippen molar-refractivity contribution in [3.8, 4) is 0 Å². The van der Waals surface area contributed by atoms with Crippen LogP contribution in [0.1, 0.15) is 27.7 Å². The van der Waals surface area contributed by atoms with Crippen LogP contribution in [0.15, 0.2) is 66.2 Å². The molecule has 1 aliphatic rings. The molecule has 0 heterocycles. The van der Waals surface area contributed by atoms with Crippen LogP contribution < -0.4 is 0 Å². The van der Waals surface area contributed by atoms with Crippen LogP contribution in [0.3, 0.4) is 0 Å². The smallest absolute Gasteiger partial charge is 0 e. The van der Waals surface area contributed by atoms with E-state index in [4.69, 9.17) is 0 Å². The van der Waals surface area contributed by atoms with E-state index in [0.717, 1.165) is 0 Å². The maximum atomic E-state index is 3.17. The van der Waals surface area contributed by atoms with Crippen molar-refractivity contribution >= 4 is 0 Å². The molecule has 1 fully saturated rings. The van der Waals surface area contributed by atoms with Crippen molar-refractivity contribution in [3.05, 3.63) is 78.7 Å². The molecule has 0 radical (unpaired) electrons. The van der Waals surface area contributed by atoms with Crippen LogP contribution >= 0.6 is 0 Å². The Kier molecular flexibility index (Phi) is 9.54. The van der Waals surface area contributed by atoms with Gasteiger partial charge >= 0.3 is 0 Å². The standard InChI is InChI=1S/C9H14.2C5H5.Ti/c1-5-7(2)8-6-9(8,3)4;2*1-2-4-5-3-1;/h6,8H,1-4H3;2*1-5H;/q-2;-5;-1;. The third kappa shape index (κ3) is 7.67. The summed E-state index contributed by atoms with van der Waals surface area (Å²) >= 11 is 0. The number of hydrogen-bond donors (Lipinski definition) is 0. The Morgan fingerprint density at radius 2 is 1.40 bits per heavy atom. The molecule has 0 amide bonds. The molecule has 20 heavy (non-hydrogen) atoms. The normalized spacial score (nSPS) is 18.6. The van der Waals surface area contributed by atoms with E-state index in [0.29, 0.717) is 11.3 Å². The minimum absolute atomic E-state index is 0. The van der Waals surface area contributed by atoms with Crippen molar-refractivity contribution in [2.75, 3.05) is 0 Å². The zero-order chi connectivity index (χ0) is 14.1. The van der Waals surface area contributed by atoms with E-state index >= 15 is 0 Å². The molecule has 0 aromatic heterocycles. The Bertz CT molecular complexity index is 371. The summed E-state index contributed by atoms with van der Waals surface area (Å²) in [5, 5.41) is 0. The third-order valence-electron chi connectivity index (χ3n) is 3.26. The second-order valence-corrected chi connectivity index (χ2v) is 5.32. The average Bonchev–Trinajstić information content (AvgIpc) is 2.98. The quantitative estimate of drug-likeness (QED) is 0.487. The molecule has 2 aromatic carbocycles. The molecule has 1 atom stereocenters. The van der Waals surface area contributed by atoms with Crippen molar-refractivity contribution in [3.63, 3.8) is 0 Å². The van der Waals surface area contributed by atoms with Gasteiger partial charge in [-0.25, -0.2) is 18.1 Å². The van der Waals surface area contributed by atoms with Gasteiger partial charge in [0.15, 0.2) is 0 Å². The molecule has 1 saturated carbocycles. The average molecular weight is 300 g/mol. The summed E-state index contributed by atoms with van der Waals surface area (Å²) in [7, 11) is 0. The zero-order valence-electron chi connectivity index (χ0n) is 12.9. The van der Waals surface area contributed by atoms with Gasteiger partial charge in [0.1, 0.15) is 0 Å². The van der Waals surface area contributed by atoms with Gasteiger partial charge < -0.3 is 42.8 Å². The van der Waals surface area contributed by atoms with Crippen molar-refractivity contribution in [1.82, 2.24) is 0 Å². The summed E-state index contributed by atoms with van der Waals surface area (Å²) in [6.07, 6.45) is 5.53. The summed E-state index contributed by atoms with van der Waals surface area (Å²) in [6.45, 7) is 8.66. The Hall–Kier alpha value is -0.846. The SMILES string of the molecule is C[C-]=C(C)C1[CH-]C1(C)C.[Ti].[cH-]1[cH-][cH-][cH-][cH-]1.c1cc[cH-]c1. The van der Waals surface area contributed by atoms with Gasteiger partial charge in [-0.3, -0.25) is 5.57 Å². The van der Waals surface area contributed by atoms with Crippen LogP contribution in [0.2, 0.25) is 0 Å². The fraction of sp³-hybridized carbons (Fsp3) is 0.316. The monoisotopic (exact) mass is 300 g/mol. The minimum Gasteiger partial charge on any atom is -0.748 e. The topological polar surface area (TPSA) is 0 Å². The molecule has 3 rings (SSSR count). The van der Waals surface area contributed by atoms with E-state index in [1.807, 2.05) is 67.6 Å². The van der Waals surface area contributed by atoms with Crippen LogP contribution in [0.25, 0.3) is 0 Å². The van der Waals surface area contributed by atoms with Gasteiger partial charge in [-0.15, -0.1) is 0 Å². The van der Waals surface area contributed by atoms with Crippen molar-refractivity contribution in [1.29, 1.82) is 0 Å². The van der Waals surface area contributed by atoms with Gasteiger partial charge in [0, 0.05) is 21.7 Å². The van der Waals surface area contributed by atoms with Gasteiger partial charge in [0.2, 0.25) is 0 Å². The summed E-state index contributed by atoms with van der Waals surface area (Å²) < 4.78 is 0. The second kappa shape index (κ2) is 9.96. The van der Waals surface area contributed by atoms with Crippen molar-refractivity contribution in [2.24, 2.45) is 11.3 Å². The van der Waals surface area contributed by atoms with E-state index in [9.17, 15) is 0 Å². The maximum Gasteiger partial charge on any atom is 0 e. The molecule has 1 aliphatic carbocycles. The molecule has 1 unspecified atom stereocenters. The van der Waals surface area contributed by atoms with Crippen molar-refractivity contribution < 1.29 is 21.7 Å². The Balaban J connectivity index is 0.000000282. The number of hydrogen-bond acceptors (Lipinski definition) is 0. The predicted molar refractivity (Wildman–Crippen MR) is 83.7 cm³/mol. The fourth-order valence-corrected chi connectivity index (χ4v) is 1.86. The van der Waals surface area contributed by atoms with Crippen LogP contribution in [0.5, 0.6) is 0 Å². The molecule has 0 saturated heterocycles. The second-order valence-electron chi connectivity index (χ2n) is 5.32. The van der Waals surface area contributed by atoms with E-state index in [-0.39, 0.29) is 21.7 Å². The van der Waals surface area contributed by atoms with Gasteiger partial charge in [-0.05, 0) is 0 Å². The van der Waals surface area contributed by atoms with Crippen molar-refractivity contribution in [2.45, 2.75) is 27.7 Å². The first-order chi connectivity index (χ1) is 9.08. The summed E-state index contributed by atoms with van der Waals surface area (Å²) in [5.74, 6) is 0.711. The molecular formula is C19H24Ti-8. The van der Waals surface area contributed by atoms with Crippen LogP contribution in [0.4, 0.5) is 0 Å². The summed E-state index contributed by atoms with van der Waals surface area (Å²) in [6, 6.07) is 20.0. The van der Waals surface area contributed by atoms with E-state index < -0.39 is 0 Å². The third-order valence-corrected chi connectivity index (χ3v) is 3.26. The van der Waals surface area contributed by atoms with E-state index in [1.165, 1.54) is 5.57 Å². The molecular weight excluding hydrogens is 276 g/mol. The van der Waals surface area contributed by atoms with Gasteiger partial charge in [0.25, 0.3) is 0 Å². The molecule has 0 nitrogen and oxygen atoms in total. The predicted octanol–water partition coefficient (Wildman–Crippen LogP) is 5.42. The zero-order valence-corrected chi connectivity index (χ0v) is 14.5. The summed E-state index contributed by atoms with van der Waals surface area (Å²) in [5.41, 5.74) is 1.85. The summed E-state index contributed by atoms with van der Waals surface area (Å²) in [4.78, 5) is 0. The molecule has 112 valence electrons.